The third-order valence-corrected chi connectivity index (χ3v) is 4.41. The number of hydrogen-bond acceptors (Lipinski definition) is 3. The van der Waals surface area contributed by atoms with Gasteiger partial charge in [-0.25, -0.2) is 5.43 Å². The van der Waals surface area contributed by atoms with E-state index >= 15 is 0 Å². The second-order valence-corrected chi connectivity index (χ2v) is 8.13. The van der Waals surface area contributed by atoms with Crippen molar-refractivity contribution in [3.05, 3.63) is 64.7 Å². The van der Waals surface area contributed by atoms with E-state index in [9.17, 15) is 4.79 Å². The highest BCUT2D eigenvalue weighted by atomic mass is 16.5. The number of carbonyl (C=O) groups excluding carboxylic acids is 1. The molecule has 27 heavy (non-hydrogen) atoms. The predicted octanol–water partition coefficient (Wildman–Crippen LogP) is 4.95. The maximum absolute atomic E-state index is 11.9. The largest absolute Gasteiger partial charge is 0.484 e. The number of hydrazone groups is 1. The van der Waals surface area contributed by atoms with E-state index in [-0.39, 0.29) is 17.9 Å². The minimum absolute atomic E-state index is 0.0687. The van der Waals surface area contributed by atoms with Crippen LogP contribution in [0.15, 0.2) is 47.6 Å². The third kappa shape index (κ3) is 6.24. The number of benzene rings is 2. The van der Waals surface area contributed by atoms with Crippen LogP contribution in [0.4, 0.5) is 0 Å². The summed E-state index contributed by atoms with van der Waals surface area (Å²) in [4.78, 5) is 11.9. The molecular weight excluding hydrogens is 336 g/mol. The number of aryl methyl sites for hydroxylation is 1. The number of amides is 1. The third-order valence-electron chi connectivity index (χ3n) is 4.41. The van der Waals surface area contributed by atoms with E-state index in [1.807, 2.05) is 30.3 Å². The second-order valence-electron chi connectivity index (χ2n) is 8.13. The van der Waals surface area contributed by atoms with Gasteiger partial charge in [0.15, 0.2) is 6.61 Å². The van der Waals surface area contributed by atoms with Gasteiger partial charge in [0, 0.05) is 0 Å². The molecule has 0 heterocycles. The normalized spacial score (nSPS) is 11.8. The summed E-state index contributed by atoms with van der Waals surface area (Å²) >= 11 is 0. The van der Waals surface area contributed by atoms with Gasteiger partial charge < -0.3 is 4.74 Å². The lowest BCUT2D eigenvalue weighted by atomic mass is 9.87. The maximum Gasteiger partial charge on any atom is 0.277 e. The molecule has 0 saturated heterocycles. The Morgan fingerprint density at radius 2 is 1.81 bits per heavy atom. The molecule has 1 N–H and O–H groups in total. The molecule has 0 fully saturated rings. The van der Waals surface area contributed by atoms with Crippen molar-refractivity contribution in [2.75, 3.05) is 6.61 Å². The molecule has 0 saturated carbocycles. The molecule has 2 aromatic carbocycles. The standard InChI is InChI=1S/C23H30N2O2/c1-16(2)21-12-11-20(13-17(21)3)27-15-22(26)25-24-14-18-7-9-19(10-8-18)23(4,5)6/h7-14,16H,15H2,1-6H3,(H,25,26)/b24-14+. The summed E-state index contributed by atoms with van der Waals surface area (Å²) in [5.74, 6) is 0.867. The van der Waals surface area contributed by atoms with Crippen molar-refractivity contribution in [3.63, 3.8) is 0 Å². The van der Waals surface area contributed by atoms with Crippen LogP contribution < -0.4 is 10.2 Å². The Morgan fingerprint density at radius 1 is 1.15 bits per heavy atom. The summed E-state index contributed by atoms with van der Waals surface area (Å²) < 4.78 is 5.55. The molecule has 4 nitrogen and oxygen atoms in total. The number of hydrogen-bond donors (Lipinski definition) is 1. The van der Waals surface area contributed by atoms with Gasteiger partial charge in [0.25, 0.3) is 5.91 Å². The van der Waals surface area contributed by atoms with Gasteiger partial charge in [-0.3, -0.25) is 4.79 Å². The fraction of sp³-hybridized carbons (Fsp3) is 0.391. The maximum atomic E-state index is 11.9. The van der Waals surface area contributed by atoms with Gasteiger partial charge in [-0.05, 0) is 52.6 Å². The zero-order valence-corrected chi connectivity index (χ0v) is 17.2. The summed E-state index contributed by atoms with van der Waals surface area (Å²) in [5.41, 5.74) is 7.26. The first-order valence-corrected chi connectivity index (χ1v) is 9.32. The van der Waals surface area contributed by atoms with Gasteiger partial charge in [0.05, 0.1) is 6.21 Å². The lowest BCUT2D eigenvalue weighted by Crippen LogP contribution is -2.24. The van der Waals surface area contributed by atoms with Crippen molar-refractivity contribution in [2.45, 2.75) is 52.9 Å². The average Bonchev–Trinajstić information content (AvgIpc) is 2.59. The van der Waals surface area contributed by atoms with Crippen molar-refractivity contribution < 1.29 is 9.53 Å². The molecule has 0 aliphatic heterocycles. The molecule has 2 aromatic rings. The van der Waals surface area contributed by atoms with Crippen molar-refractivity contribution in [1.82, 2.24) is 5.43 Å². The molecule has 0 atom stereocenters. The summed E-state index contributed by atoms with van der Waals surface area (Å²) in [6.07, 6.45) is 1.63. The van der Waals surface area contributed by atoms with Crippen LogP contribution in [0.1, 0.15) is 62.8 Å². The van der Waals surface area contributed by atoms with Crippen LogP contribution >= 0.6 is 0 Å². The van der Waals surface area contributed by atoms with Crippen LogP contribution in [0.2, 0.25) is 0 Å². The number of nitrogens with one attached hydrogen (secondary N) is 1. The Balaban J connectivity index is 1.84. The molecular formula is C23H30N2O2. The van der Waals surface area contributed by atoms with E-state index in [1.54, 1.807) is 6.21 Å². The van der Waals surface area contributed by atoms with Crippen molar-refractivity contribution >= 4 is 12.1 Å². The molecule has 4 heteroatoms. The zero-order chi connectivity index (χ0) is 20.0. The molecule has 0 aromatic heterocycles. The molecule has 1 amide bonds. The molecule has 0 spiro atoms. The van der Waals surface area contributed by atoms with Gasteiger partial charge >= 0.3 is 0 Å². The van der Waals surface area contributed by atoms with Crippen LogP contribution in [-0.2, 0) is 10.2 Å². The summed E-state index contributed by atoms with van der Waals surface area (Å²) in [6, 6.07) is 14.0. The first-order chi connectivity index (χ1) is 12.7. The Bertz CT molecular complexity index is 800. The molecule has 0 bridgehead atoms. The van der Waals surface area contributed by atoms with Crippen LogP contribution in [0.25, 0.3) is 0 Å². The van der Waals surface area contributed by atoms with E-state index in [0.29, 0.717) is 11.7 Å². The lowest BCUT2D eigenvalue weighted by molar-refractivity contribution is -0.123. The van der Waals surface area contributed by atoms with Crippen molar-refractivity contribution in [1.29, 1.82) is 0 Å². The van der Waals surface area contributed by atoms with Crippen molar-refractivity contribution in [2.24, 2.45) is 5.10 Å². The Morgan fingerprint density at radius 3 is 2.37 bits per heavy atom. The molecule has 0 aliphatic carbocycles. The van der Waals surface area contributed by atoms with Crippen LogP contribution in [0, 0.1) is 6.92 Å². The van der Waals surface area contributed by atoms with E-state index < -0.39 is 0 Å². The minimum Gasteiger partial charge on any atom is -0.484 e. The fourth-order valence-electron chi connectivity index (χ4n) is 2.81. The van der Waals surface area contributed by atoms with Gasteiger partial charge in [-0.1, -0.05) is 65.0 Å². The number of ether oxygens (including phenoxy) is 1. The zero-order valence-electron chi connectivity index (χ0n) is 17.2. The van der Waals surface area contributed by atoms with Crippen LogP contribution in [0.5, 0.6) is 5.75 Å². The fourth-order valence-corrected chi connectivity index (χ4v) is 2.81. The topological polar surface area (TPSA) is 50.7 Å². The van der Waals surface area contributed by atoms with Gasteiger partial charge in [0.2, 0.25) is 0 Å². The first-order valence-electron chi connectivity index (χ1n) is 9.32. The monoisotopic (exact) mass is 366 g/mol. The second kappa shape index (κ2) is 8.85. The smallest absolute Gasteiger partial charge is 0.277 e. The summed E-state index contributed by atoms with van der Waals surface area (Å²) in [5, 5.41) is 4.00. The molecule has 2 rings (SSSR count). The summed E-state index contributed by atoms with van der Waals surface area (Å²) in [7, 11) is 0. The van der Waals surface area contributed by atoms with E-state index in [1.165, 1.54) is 16.7 Å². The van der Waals surface area contributed by atoms with E-state index in [4.69, 9.17) is 4.74 Å². The van der Waals surface area contributed by atoms with E-state index in [0.717, 1.165) is 5.56 Å². The molecule has 0 radical (unpaired) electrons. The molecule has 0 unspecified atom stereocenters. The van der Waals surface area contributed by atoms with Crippen LogP contribution in [0.3, 0.4) is 0 Å². The minimum atomic E-state index is -0.289. The summed E-state index contributed by atoms with van der Waals surface area (Å²) in [6.45, 7) is 12.8. The highest BCUT2D eigenvalue weighted by molar-refractivity contribution is 5.83. The molecule has 144 valence electrons. The van der Waals surface area contributed by atoms with E-state index in [2.05, 4.69) is 64.2 Å². The van der Waals surface area contributed by atoms with Gasteiger partial charge in [0.1, 0.15) is 5.75 Å². The Labute approximate surface area is 162 Å². The average molecular weight is 367 g/mol. The first kappa shape index (κ1) is 20.7. The predicted molar refractivity (Wildman–Crippen MR) is 112 cm³/mol. The van der Waals surface area contributed by atoms with Gasteiger partial charge in [-0.2, -0.15) is 5.10 Å². The molecule has 0 aliphatic rings. The number of rotatable bonds is 6. The SMILES string of the molecule is Cc1cc(OCC(=O)N/N=C/c2ccc(C(C)(C)C)cc2)ccc1C(C)C. The Hall–Kier alpha value is -2.62. The van der Waals surface area contributed by atoms with Crippen LogP contribution in [-0.4, -0.2) is 18.7 Å². The van der Waals surface area contributed by atoms with Gasteiger partial charge in [-0.15, -0.1) is 0 Å². The highest BCUT2D eigenvalue weighted by Gasteiger charge is 2.12. The number of carbonyl (C=O) groups is 1. The highest BCUT2D eigenvalue weighted by Crippen LogP contribution is 2.23. The Kier molecular flexibility index (Phi) is 6.78. The van der Waals surface area contributed by atoms with Crippen molar-refractivity contribution in [3.8, 4) is 5.75 Å². The quantitative estimate of drug-likeness (QED) is 0.581. The number of nitrogens with zero attached hydrogens (tertiary/aromatic N) is 1. The lowest BCUT2D eigenvalue weighted by Gasteiger charge is -2.18.